The van der Waals surface area contributed by atoms with Crippen molar-refractivity contribution in [3.63, 3.8) is 0 Å². The van der Waals surface area contributed by atoms with E-state index in [1.807, 2.05) is 0 Å². The van der Waals surface area contributed by atoms with Gasteiger partial charge in [0.25, 0.3) is 0 Å². The molecule has 1 aromatic rings. The van der Waals surface area contributed by atoms with Crippen molar-refractivity contribution in [1.82, 2.24) is 10.3 Å². The first-order valence-electron chi connectivity index (χ1n) is 6.11. The lowest BCUT2D eigenvalue weighted by molar-refractivity contribution is -0.0991. The number of aliphatic hydroxyl groups excluding tert-OH is 1. The molecule has 18 heavy (non-hydrogen) atoms. The van der Waals surface area contributed by atoms with Crippen molar-refractivity contribution < 1.29 is 14.9 Å². The summed E-state index contributed by atoms with van der Waals surface area (Å²) in [5.74, 6) is 0.170. The summed E-state index contributed by atoms with van der Waals surface area (Å²) in [6.07, 6.45) is 1.61. The zero-order chi connectivity index (χ0) is 13.2. The summed E-state index contributed by atoms with van der Waals surface area (Å²) in [6, 6.07) is 0. The highest BCUT2D eigenvalue weighted by Gasteiger charge is 2.32. The minimum atomic E-state index is -0.113. The number of pyridine rings is 1. The first-order chi connectivity index (χ1) is 8.56. The highest BCUT2D eigenvalue weighted by molar-refractivity contribution is 5.40. The van der Waals surface area contributed by atoms with E-state index in [2.05, 4.69) is 17.2 Å². The van der Waals surface area contributed by atoms with E-state index in [9.17, 15) is 10.2 Å². The van der Waals surface area contributed by atoms with Crippen molar-refractivity contribution in [3.8, 4) is 5.75 Å². The molecule has 1 saturated heterocycles. The fraction of sp³-hybridized carbons (Fsp3) is 0.615. The molecule has 0 aromatic carbocycles. The molecule has 0 amide bonds. The van der Waals surface area contributed by atoms with Crippen LogP contribution in [0.5, 0.6) is 5.75 Å². The van der Waals surface area contributed by atoms with E-state index in [1.54, 1.807) is 13.1 Å². The fourth-order valence-corrected chi connectivity index (χ4v) is 2.06. The van der Waals surface area contributed by atoms with Crippen LogP contribution in [0.25, 0.3) is 0 Å². The number of nitrogens with zero attached hydrogens (tertiary/aromatic N) is 1. The standard InChI is InChI=1S/C13H20N2O3/c1-9-12(17)11(10(5-16)3-15-9)4-14-6-13(2)7-18-8-13/h3,14,16-17H,4-8H2,1-2H3. The van der Waals surface area contributed by atoms with Crippen LogP contribution >= 0.6 is 0 Å². The minimum Gasteiger partial charge on any atom is -0.506 e. The van der Waals surface area contributed by atoms with Crippen LogP contribution in [-0.2, 0) is 17.9 Å². The number of hydrogen-bond acceptors (Lipinski definition) is 5. The van der Waals surface area contributed by atoms with Crippen molar-refractivity contribution in [3.05, 3.63) is 23.0 Å². The molecule has 0 unspecified atom stereocenters. The second kappa shape index (κ2) is 5.22. The van der Waals surface area contributed by atoms with Gasteiger partial charge in [-0.2, -0.15) is 0 Å². The zero-order valence-corrected chi connectivity index (χ0v) is 10.9. The number of aromatic hydroxyl groups is 1. The van der Waals surface area contributed by atoms with Gasteiger partial charge in [0.2, 0.25) is 0 Å². The van der Waals surface area contributed by atoms with Crippen LogP contribution in [0.4, 0.5) is 0 Å². The molecule has 2 rings (SSSR count). The van der Waals surface area contributed by atoms with Gasteiger partial charge >= 0.3 is 0 Å². The van der Waals surface area contributed by atoms with E-state index < -0.39 is 0 Å². The predicted molar refractivity (Wildman–Crippen MR) is 67.2 cm³/mol. The number of hydrogen-bond donors (Lipinski definition) is 3. The third kappa shape index (κ3) is 2.63. The van der Waals surface area contributed by atoms with Crippen LogP contribution in [0.3, 0.4) is 0 Å². The Morgan fingerprint density at radius 1 is 1.50 bits per heavy atom. The topological polar surface area (TPSA) is 74.6 Å². The molecule has 2 heterocycles. The largest absolute Gasteiger partial charge is 0.506 e. The van der Waals surface area contributed by atoms with Crippen molar-refractivity contribution >= 4 is 0 Å². The molecule has 100 valence electrons. The first kappa shape index (κ1) is 13.3. The summed E-state index contributed by atoms with van der Waals surface area (Å²) < 4.78 is 5.19. The van der Waals surface area contributed by atoms with Gasteiger partial charge < -0.3 is 20.3 Å². The molecule has 0 aliphatic carbocycles. The Kier molecular flexibility index (Phi) is 3.85. The van der Waals surface area contributed by atoms with Crippen LogP contribution in [-0.4, -0.2) is 35.0 Å². The molecule has 0 spiro atoms. The first-order valence-corrected chi connectivity index (χ1v) is 6.11. The van der Waals surface area contributed by atoms with E-state index in [1.165, 1.54) is 0 Å². The Balaban J connectivity index is 2.01. The maximum absolute atomic E-state index is 9.97. The van der Waals surface area contributed by atoms with Crippen molar-refractivity contribution in [1.29, 1.82) is 0 Å². The Bertz CT molecular complexity index is 430. The number of rotatable bonds is 5. The van der Waals surface area contributed by atoms with Gasteiger partial charge in [-0.25, -0.2) is 0 Å². The Morgan fingerprint density at radius 3 is 2.78 bits per heavy atom. The molecule has 1 aliphatic heterocycles. The number of ether oxygens (including phenoxy) is 1. The molecule has 1 fully saturated rings. The van der Waals surface area contributed by atoms with E-state index in [-0.39, 0.29) is 17.8 Å². The summed E-state index contributed by atoms with van der Waals surface area (Å²) in [4.78, 5) is 4.04. The van der Waals surface area contributed by atoms with E-state index >= 15 is 0 Å². The average molecular weight is 252 g/mol. The minimum absolute atomic E-state index is 0.113. The van der Waals surface area contributed by atoms with Gasteiger partial charge in [-0.15, -0.1) is 0 Å². The Hall–Kier alpha value is -1.17. The van der Waals surface area contributed by atoms with E-state index in [4.69, 9.17) is 4.74 Å². The Labute approximate surface area is 107 Å². The SMILES string of the molecule is Cc1ncc(CO)c(CNCC2(C)COC2)c1O. The van der Waals surface area contributed by atoms with Gasteiger partial charge in [0.05, 0.1) is 25.5 Å². The molecule has 3 N–H and O–H groups in total. The van der Waals surface area contributed by atoms with Crippen molar-refractivity contribution in [2.75, 3.05) is 19.8 Å². The van der Waals surface area contributed by atoms with E-state index in [0.29, 0.717) is 17.8 Å². The highest BCUT2D eigenvalue weighted by Crippen LogP contribution is 2.27. The van der Waals surface area contributed by atoms with Crippen LogP contribution in [0, 0.1) is 12.3 Å². The molecule has 0 saturated carbocycles. The summed E-state index contributed by atoms with van der Waals surface area (Å²) in [6.45, 7) is 6.70. The molecule has 0 atom stereocenters. The van der Waals surface area contributed by atoms with Crippen LogP contribution < -0.4 is 5.32 Å². The third-order valence-electron chi connectivity index (χ3n) is 3.36. The Morgan fingerprint density at radius 2 is 2.22 bits per heavy atom. The number of aromatic nitrogens is 1. The van der Waals surface area contributed by atoms with Gasteiger partial charge in [-0.1, -0.05) is 6.92 Å². The molecule has 1 aromatic heterocycles. The molecule has 5 heteroatoms. The van der Waals surface area contributed by atoms with E-state index in [0.717, 1.165) is 25.3 Å². The van der Waals surface area contributed by atoms with Gasteiger partial charge in [0.15, 0.2) is 0 Å². The lowest BCUT2D eigenvalue weighted by atomic mass is 9.88. The summed E-state index contributed by atoms with van der Waals surface area (Å²) >= 11 is 0. The van der Waals surface area contributed by atoms with Gasteiger partial charge in [-0.05, 0) is 6.92 Å². The monoisotopic (exact) mass is 252 g/mol. The second-order valence-corrected chi connectivity index (χ2v) is 5.26. The lowest BCUT2D eigenvalue weighted by Crippen LogP contribution is -2.47. The van der Waals surface area contributed by atoms with Crippen LogP contribution in [0.2, 0.25) is 0 Å². The molecular weight excluding hydrogens is 232 g/mol. The average Bonchev–Trinajstić information content (AvgIpc) is 2.32. The molecule has 5 nitrogen and oxygen atoms in total. The highest BCUT2D eigenvalue weighted by atomic mass is 16.5. The summed E-state index contributed by atoms with van der Waals surface area (Å²) in [7, 11) is 0. The smallest absolute Gasteiger partial charge is 0.141 e. The predicted octanol–water partition coefficient (Wildman–Crippen LogP) is 0.714. The normalized spacial score (nSPS) is 17.5. The maximum Gasteiger partial charge on any atom is 0.141 e. The molecule has 0 bridgehead atoms. The lowest BCUT2D eigenvalue weighted by Gasteiger charge is -2.38. The van der Waals surface area contributed by atoms with Gasteiger partial charge in [-0.3, -0.25) is 4.98 Å². The summed E-state index contributed by atoms with van der Waals surface area (Å²) in [5, 5.41) is 22.5. The number of aliphatic hydroxyl groups is 1. The second-order valence-electron chi connectivity index (χ2n) is 5.26. The zero-order valence-electron chi connectivity index (χ0n) is 10.9. The third-order valence-corrected chi connectivity index (χ3v) is 3.36. The van der Waals surface area contributed by atoms with Crippen molar-refractivity contribution in [2.24, 2.45) is 5.41 Å². The number of nitrogens with one attached hydrogen (secondary N) is 1. The van der Waals surface area contributed by atoms with Gasteiger partial charge in [0.1, 0.15) is 5.75 Å². The quantitative estimate of drug-likeness (QED) is 0.720. The molecular formula is C13H20N2O3. The summed E-state index contributed by atoms with van der Waals surface area (Å²) in [5.41, 5.74) is 2.17. The number of aryl methyl sites for hydroxylation is 1. The maximum atomic E-state index is 9.97. The fourth-order valence-electron chi connectivity index (χ4n) is 2.06. The van der Waals surface area contributed by atoms with Crippen molar-refractivity contribution in [2.45, 2.75) is 27.0 Å². The van der Waals surface area contributed by atoms with Gasteiger partial charge in [0, 0.05) is 35.8 Å². The molecule has 0 radical (unpaired) electrons. The van der Waals surface area contributed by atoms with Crippen LogP contribution in [0.15, 0.2) is 6.20 Å². The van der Waals surface area contributed by atoms with Crippen LogP contribution in [0.1, 0.15) is 23.7 Å². The molecule has 1 aliphatic rings.